The third-order valence-corrected chi connectivity index (χ3v) is 12.3. The van der Waals surface area contributed by atoms with Gasteiger partial charge >= 0.3 is 23.9 Å². The van der Waals surface area contributed by atoms with Crippen LogP contribution in [0.5, 0.6) is 0 Å². The number of carbonyl (C=O) groups is 5. The van der Waals surface area contributed by atoms with E-state index in [1.807, 2.05) is 0 Å². The van der Waals surface area contributed by atoms with Gasteiger partial charge in [-0.15, -0.1) is 0 Å². The van der Waals surface area contributed by atoms with Gasteiger partial charge < -0.3 is 38.3 Å². The number of aliphatic hydroxyl groups excluding tert-OH is 1. The molecule has 1 saturated heterocycles. The number of hydrogen-bond acceptors (Lipinski definition) is 13. The Morgan fingerprint density at radius 2 is 1.90 bits per heavy atom. The van der Waals surface area contributed by atoms with E-state index in [0.29, 0.717) is 12.0 Å². The minimum atomic E-state index is -2.21. The molecule has 51 heavy (non-hydrogen) atoms. The summed E-state index contributed by atoms with van der Waals surface area (Å²) in [6.45, 7) is 16.0. The summed E-state index contributed by atoms with van der Waals surface area (Å²) in [4.78, 5) is 65.7. The van der Waals surface area contributed by atoms with E-state index in [-0.39, 0.29) is 37.1 Å². The molecule has 1 aromatic heterocycles. The Labute approximate surface area is 297 Å². The first-order valence-electron chi connectivity index (χ1n) is 17.3. The van der Waals surface area contributed by atoms with Gasteiger partial charge in [-0.05, 0) is 50.3 Å². The maximum atomic E-state index is 13.9. The Bertz CT molecular complexity index is 1630. The maximum Gasteiger partial charge on any atom is 0.335 e. The molecule has 3 heterocycles. The molecule has 13 nitrogen and oxygen atoms in total. The lowest BCUT2D eigenvalue weighted by Gasteiger charge is -2.61. The lowest BCUT2D eigenvalue weighted by molar-refractivity contribution is -0.243. The summed E-state index contributed by atoms with van der Waals surface area (Å²) in [5, 5.41) is 24.5. The van der Waals surface area contributed by atoms with Crippen molar-refractivity contribution in [3.05, 3.63) is 60.1 Å². The zero-order chi connectivity index (χ0) is 37.7. The summed E-state index contributed by atoms with van der Waals surface area (Å²) in [7, 11) is 0. The van der Waals surface area contributed by atoms with E-state index in [4.69, 9.17) is 28.1 Å². The minimum Gasteiger partial charge on any atom is -0.472 e. The van der Waals surface area contributed by atoms with Crippen molar-refractivity contribution >= 4 is 30.3 Å². The highest BCUT2D eigenvalue weighted by Gasteiger charge is 2.77. The van der Waals surface area contributed by atoms with Crippen molar-refractivity contribution in [2.24, 2.45) is 28.6 Å². The summed E-state index contributed by atoms with van der Waals surface area (Å²) in [6, 6.07) is 1.67. The molecule has 2 saturated carbocycles. The normalized spacial score (nSPS) is 39.0. The van der Waals surface area contributed by atoms with Crippen LogP contribution < -0.4 is 0 Å². The van der Waals surface area contributed by atoms with Gasteiger partial charge in [-0.1, -0.05) is 52.8 Å². The summed E-state index contributed by atoms with van der Waals surface area (Å²) in [5.41, 5.74) is -5.72. The fraction of sp³-hybridized carbons (Fsp3) is 0.605. The Balaban J connectivity index is 1.80. The van der Waals surface area contributed by atoms with Crippen LogP contribution in [0.1, 0.15) is 79.2 Å². The predicted octanol–water partition coefficient (Wildman–Crippen LogP) is 3.87. The van der Waals surface area contributed by atoms with E-state index in [1.54, 1.807) is 60.6 Å². The molecule has 0 unspecified atom stereocenters. The van der Waals surface area contributed by atoms with Crippen LogP contribution in [-0.4, -0.2) is 82.8 Å². The van der Waals surface area contributed by atoms with Gasteiger partial charge in [0.2, 0.25) is 0 Å². The summed E-state index contributed by atoms with van der Waals surface area (Å²) < 4.78 is 34.9. The van der Waals surface area contributed by atoms with Crippen molar-refractivity contribution in [1.29, 1.82) is 0 Å². The molecule has 4 aliphatic rings. The molecule has 2 aliphatic heterocycles. The van der Waals surface area contributed by atoms with Crippen molar-refractivity contribution in [2.45, 2.75) is 109 Å². The van der Waals surface area contributed by atoms with Gasteiger partial charge in [-0.3, -0.25) is 9.59 Å². The number of furan rings is 1. The predicted molar refractivity (Wildman–Crippen MR) is 178 cm³/mol. The van der Waals surface area contributed by atoms with Crippen LogP contribution in [0, 0.1) is 28.6 Å². The molecule has 2 N–H and O–H groups in total. The van der Waals surface area contributed by atoms with Gasteiger partial charge in [0.25, 0.3) is 6.47 Å². The van der Waals surface area contributed by atoms with Crippen LogP contribution in [0.15, 0.2) is 59.0 Å². The van der Waals surface area contributed by atoms with Gasteiger partial charge in [-0.25, -0.2) is 14.4 Å². The molecule has 0 aromatic carbocycles. The number of carbonyl (C=O) groups excluding carboxylic acids is 5. The fourth-order valence-corrected chi connectivity index (χ4v) is 9.07. The number of fused-ring (bicyclic) bond motifs is 2. The first-order chi connectivity index (χ1) is 23.9. The second kappa shape index (κ2) is 13.7. The number of rotatable bonds is 10. The number of aliphatic hydroxyl groups is 2. The smallest absolute Gasteiger partial charge is 0.335 e. The van der Waals surface area contributed by atoms with Crippen LogP contribution in [0.25, 0.3) is 0 Å². The number of allylic oxidation sites excluding steroid dienone is 2. The molecule has 13 heteroatoms. The average Bonchev–Trinajstić information content (AvgIpc) is 3.69. The third kappa shape index (κ3) is 5.91. The summed E-state index contributed by atoms with van der Waals surface area (Å²) >= 11 is 0. The van der Waals surface area contributed by atoms with Crippen molar-refractivity contribution in [1.82, 2.24) is 0 Å². The Kier molecular flexibility index (Phi) is 10.2. The van der Waals surface area contributed by atoms with Crippen molar-refractivity contribution < 1.29 is 62.3 Å². The van der Waals surface area contributed by atoms with Crippen molar-refractivity contribution in [3.8, 4) is 0 Å². The molecular weight excluding hydrogens is 664 g/mol. The topological polar surface area (TPSA) is 185 Å². The molecule has 0 bridgehead atoms. The van der Waals surface area contributed by atoms with Gasteiger partial charge in [0.1, 0.15) is 36.1 Å². The van der Waals surface area contributed by atoms with Gasteiger partial charge in [-0.2, -0.15) is 0 Å². The zero-order valence-electron chi connectivity index (χ0n) is 30.1. The lowest BCUT2D eigenvalue weighted by Crippen LogP contribution is -2.71. The molecule has 0 amide bonds. The third-order valence-electron chi connectivity index (χ3n) is 12.3. The average molecular weight is 713 g/mol. The quantitative estimate of drug-likeness (QED) is 0.117. The first kappa shape index (κ1) is 38.0. The van der Waals surface area contributed by atoms with E-state index < -0.39 is 94.0 Å². The highest BCUT2D eigenvalue weighted by atomic mass is 16.6. The summed E-state index contributed by atoms with van der Waals surface area (Å²) in [6.07, 6.45) is 1.59. The Hall–Kier alpha value is -4.23. The lowest BCUT2D eigenvalue weighted by atomic mass is 9.47. The van der Waals surface area contributed by atoms with E-state index in [9.17, 15) is 34.2 Å². The fourth-order valence-electron chi connectivity index (χ4n) is 9.07. The number of cyclic esters (lactones) is 1. The van der Waals surface area contributed by atoms with Crippen LogP contribution in [-0.2, 0) is 47.7 Å². The Morgan fingerprint density at radius 3 is 2.51 bits per heavy atom. The van der Waals surface area contributed by atoms with Crippen LogP contribution >= 0.6 is 0 Å². The van der Waals surface area contributed by atoms with Crippen LogP contribution in [0.3, 0.4) is 0 Å². The number of hydrogen-bond donors (Lipinski definition) is 2. The molecule has 12 atom stereocenters. The molecule has 3 fully saturated rings. The second-order valence-electron chi connectivity index (χ2n) is 15.0. The largest absolute Gasteiger partial charge is 0.472 e. The van der Waals surface area contributed by atoms with E-state index >= 15 is 0 Å². The van der Waals surface area contributed by atoms with Crippen molar-refractivity contribution in [3.63, 3.8) is 0 Å². The molecular formula is C38H48O13. The zero-order valence-corrected chi connectivity index (χ0v) is 30.1. The molecule has 0 spiro atoms. The molecule has 5 rings (SSSR count). The van der Waals surface area contributed by atoms with E-state index in [1.165, 1.54) is 24.7 Å². The summed E-state index contributed by atoms with van der Waals surface area (Å²) in [5.74, 6) is -6.31. The van der Waals surface area contributed by atoms with Crippen LogP contribution in [0.4, 0.5) is 0 Å². The molecule has 1 aromatic rings. The highest BCUT2D eigenvalue weighted by molar-refractivity contribution is 5.88. The minimum absolute atomic E-state index is 0.00158. The van der Waals surface area contributed by atoms with Gasteiger partial charge in [0.05, 0.1) is 24.4 Å². The SMILES string of the molecule is C=C1[C@@H]([C@@]2(C)C=CC(=O)O[C@]3(C)COC(=O)C[C@H]23)[C@@H](OC=O)[C@H](OC(=O)[C@H](O)[C@@H](C)CC)[C@@]2(C)[C@H](c3ccoc3)C[C@H](OC(=O)/C(C)=C/C)[C@]12O. The standard InChI is InChI=1S/C38H48O13/c1-9-20(3)30(42)34(44)50-32-31(48-19-39)29(35(6)13-11-27(40)51-36(7)18-47-28(41)16-25(35)36)22(5)38(45)26(49-33(43)21(4)10-2)15-24(37(32,38)8)23-12-14-46-17-23/h10-14,17,19-20,24-26,29-32,42,45H,5,9,15-16,18H2,1-4,6-8H3/b21-10+/t20-,24-,25+,26-,29+,30+,31+,32-,35-,36+,37+,38+/m0/s1. The van der Waals surface area contributed by atoms with Crippen molar-refractivity contribution in [2.75, 3.05) is 6.61 Å². The number of esters is 4. The van der Waals surface area contributed by atoms with E-state index in [0.717, 1.165) is 0 Å². The molecule has 278 valence electrons. The first-order valence-corrected chi connectivity index (χ1v) is 17.3. The van der Waals surface area contributed by atoms with Crippen LogP contribution in [0.2, 0.25) is 0 Å². The van der Waals surface area contributed by atoms with E-state index in [2.05, 4.69) is 6.58 Å². The molecule has 2 aliphatic carbocycles. The Morgan fingerprint density at radius 1 is 1.20 bits per heavy atom. The van der Waals surface area contributed by atoms with Gasteiger partial charge in [0.15, 0.2) is 6.10 Å². The van der Waals surface area contributed by atoms with Gasteiger partial charge in [0, 0.05) is 34.8 Å². The maximum absolute atomic E-state index is 13.9. The molecule has 0 radical (unpaired) electrons. The second-order valence-corrected chi connectivity index (χ2v) is 15.0. The highest BCUT2D eigenvalue weighted by Crippen LogP contribution is 2.69. The number of ether oxygens (including phenoxy) is 5. The monoisotopic (exact) mass is 712 g/mol.